The summed E-state index contributed by atoms with van der Waals surface area (Å²) < 4.78 is 5.09. The van der Waals surface area contributed by atoms with Crippen LogP contribution >= 0.6 is 0 Å². The Labute approximate surface area is 64.7 Å². The summed E-state index contributed by atoms with van der Waals surface area (Å²) in [6, 6.07) is 3.40. The highest BCUT2D eigenvalue weighted by Gasteiger charge is 2.25. The van der Waals surface area contributed by atoms with Crippen molar-refractivity contribution >= 4 is 6.08 Å². The summed E-state index contributed by atoms with van der Waals surface area (Å²) in [6.07, 6.45) is 3.71. The summed E-state index contributed by atoms with van der Waals surface area (Å²) in [4.78, 5) is 0. The molecule has 1 aromatic rings. The molecule has 56 valence electrons. The molecule has 0 amide bonds. The zero-order chi connectivity index (χ0) is 7.84. The fraction of sp³-hybridized carbons (Fsp3) is 0.111. The molecule has 1 aliphatic heterocycles. The van der Waals surface area contributed by atoms with Crippen molar-refractivity contribution in [3.05, 3.63) is 23.8 Å². The molecule has 1 aromatic carbocycles. The zero-order valence-corrected chi connectivity index (χ0v) is 6.16. The third-order valence-electron chi connectivity index (χ3n) is 1.64. The van der Waals surface area contributed by atoms with E-state index in [1.165, 1.54) is 0 Å². The molecule has 1 heterocycles. The van der Waals surface area contributed by atoms with Crippen LogP contribution in [0.4, 0.5) is 0 Å². The first-order chi connectivity index (χ1) is 5.33. The number of benzene rings is 1. The van der Waals surface area contributed by atoms with Gasteiger partial charge in [-0.3, -0.25) is 0 Å². The highest BCUT2D eigenvalue weighted by Crippen LogP contribution is 2.51. The van der Waals surface area contributed by atoms with Crippen molar-refractivity contribution < 1.29 is 9.84 Å². The van der Waals surface area contributed by atoms with Crippen LogP contribution in [-0.2, 0) is 0 Å². The third kappa shape index (κ3) is 0.871. The van der Waals surface area contributed by atoms with E-state index in [4.69, 9.17) is 4.74 Å². The van der Waals surface area contributed by atoms with Crippen molar-refractivity contribution in [3.8, 4) is 17.2 Å². The van der Waals surface area contributed by atoms with Gasteiger partial charge in [0, 0.05) is 0 Å². The van der Waals surface area contributed by atoms with Gasteiger partial charge in [-0.1, -0.05) is 12.2 Å². The first-order valence-corrected chi connectivity index (χ1v) is 3.49. The van der Waals surface area contributed by atoms with Crippen LogP contribution in [0.15, 0.2) is 18.2 Å². The van der Waals surface area contributed by atoms with Crippen LogP contribution in [0.3, 0.4) is 0 Å². The van der Waals surface area contributed by atoms with Crippen molar-refractivity contribution in [2.75, 3.05) is 0 Å². The number of hydrogen-bond acceptors (Lipinski definition) is 2. The molecule has 11 heavy (non-hydrogen) atoms. The van der Waals surface area contributed by atoms with Gasteiger partial charge in [0.25, 0.3) is 0 Å². The lowest BCUT2D eigenvalue weighted by atomic mass is 10.2. The van der Waals surface area contributed by atoms with Gasteiger partial charge in [-0.25, -0.2) is 0 Å². The Kier molecular flexibility index (Phi) is 1.15. The fourth-order valence-corrected chi connectivity index (χ4v) is 1.07. The second kappa shape index (κ2) is 2.02. The monoisotopic (exact) mass is 148 g/mol. The predicted octanol–water partition coefficient (Wildman–Crippen LogP) is 2.53. The molecule has 2 nitrogen and oxygen atoms in total. The molecule has 1 N–H and O–H groups in total. The van der Waals surface area contributed by atoms with Crippen LogP contribution in [0, 0.1) is 0 Å². The minimum atomic E-state index is 0.277. The Morgan fingerprint density at radius 2 is 2.27 bits per heavy atom. The molecule has 0 aromatic heterocycles. The van der Waals surface area contributed by atoms with Crippen molar-refractivity contribution in [2.24, 2.45) is 0 Å². The van der Waals surface area contributed by atoms with Gasteiger partial charge in [0.05, 0.1) is 5.56 Å². The lowest BCUT2D eigenvalue weighted by Crippen LogP contribution is -1.67. The molecule has 0 aliphatic carbocycles. The summed E-state index contributed by atoms with van der Waals surface area (Å²) in [7, 11) is 0. The maximum atomic E-state index is 9.32. The smallest absolute Gasteiger partial charge is 0.181 e. The van der Waals surface area contributed by atoms with E-state index in [0.29, 0.717) is 0 Å². The molecule has 0 spiro atoms. The summed E-state index contributed by atoms with van der Waals surface area (Å²) >= 11 is 0. The van der Waals surface area contributed by atoms with Crippen molar-refractivity contribution in [1.29, 1.82) is 0 Å². The van der Waals surface area contributed by atoms with E-state index in [2.05, 4.69) is 0 Å². The van der Waals surface area contributed by atoms with Crippen LogP contribution in [-0.4, -0.2) is 5.11 Å². The summed E-state index contributed by atoms with van der Waals surface area (Å²) in [5.74, 6) is 1.96. The molecule has 0 atom stereocenters. The average molecular weight is 148 g/mol. The molecule has 1 aliphatic rings. The van der Waals surface area contributed by atoms with Crippen LogP contribution in [0.25, 0.3) is 6.08 Å². The molecule has 0 unspecified atom stereocenters. The molecule has 0 saturated carbocycles. The van der Waals surface area contributed by atoms with Crippen molar-refractivity contribution in [2.45, 2.75) is 6.92 Å². The van der Waals surface area contributed by atoms with E-state index in [1.807, 2.05) is 19.1 Å². The molecular formula is C9H8O2. The highest BCUT2D eigenvalue weighted by atomic mass is 16.6. The number of hydrogen-bond donors (Lipinski definition) is 1. The second-order valence-corrected chi connectivity index (χ2v) is 2.43. The molecule has 0 saturated heterocycles. The van der Waals surface area contributed by atoms with Crippen LogP contribution in [0.5, 0.6) is 17.2 Å². The van der Waals surface area contributed by atoms with Gasteiger partial charge in [-0.2, -0.15) is 0 Å². The standard InChI is InChI=1S/C9H8O2/c1-2-3-6-7(10)4-5-8-9(6)11-8/h2-5,10H,1H3/b3-2+. The van der Waals surface area contributed by atoms with E-state index in [9.17, 15) is 5.11 Å². The number of aromatic hydroxyl groups is 1. The maximum absolute atomic E-state index is 9.32. The van der Waals surface area contributed by atoms with Gasteiger partial charge >= 0.3 is 0 Å². The van der Waals surface area contributed by atoms with Crippen molar-refractivity contribution in [1.82, 2.24) is 0 Å². The normalized spacial score (nSPS) is 12.8. The SMILES string of the molecule is C/C=C/c1c(O)ccc2c1O2. The quantitative estimate of drug-likeness (QED) is 0.630. The van der Waals surface area contributed by atoms with E-state index >= 15 is 0 Å². The van der Waals surface area contributed by atoms with Gasteiger partial charge < -0.3 is 9.84 Å². The molecule has 2 rings (SSSR count). The van der Waals surface area contributed by atoms with Gasteiger partial charge in [-0.15, -0.1) is 0 Å². The number of phenols is 1. The zero-order valence-electron chi connectivity index (χ0n) is 6.16. The number of fused-ring (bicyclic) bond motifs is 1. The van der Waals surface area contributed by atoms with Crippen LogP contribution < -0.4 is 4.74 Å². The lowest BCUT2D eigenvalue weighted by Gasteiger charge is -1.91. The Bertz CT molecular complexity index is 323. The average Bonchev–Trinajstić information content (AvgIpc) is 2.74. The number of rotatable bonds is 1. The van der Waals surface area contributed by atoms with E-state index in [0.717, 1.165) is 17.1 Å². The Morgan fingerprint density at radius 3 is 3.00 bits per heavy atom. The van der Waals surface area contributed by atoms with Gasteiger partial charge in [0.1, 0.15) is 5.75 Å². The first kappa shape index (κ1) is 6.28. The fourth-order valence-electron chi connectivity index (χ4n) is 1.07. The van der Waals surface area contributed by atoms with Crippen LogP contribution in [0.2, 0.25) is 0 Å². The van der Waals surface area contributed by atoms with Gasteiger partial charge in [0.15, 0.2) is 11.5 Å². The first-order valence-electron chi connectivity index (χ1n) is 3.49. The maximum Gasteiger partial charge on any atom is 0.181 e. The molecular weight excluding hydrogens is 140 g/mol. The Hall–Kier alpha value is -1.44. The van der Waals surface area contributed by atoms with E-state index < -0.39 is 0 Å². The number of allylic oxidation sites excluding steroid dienone is 1. The minimum Gasteiger partial charge on any atom is -0.507 e. The molecule has 0 bridgehead atoms. The van der Waals surface area contributed by atoms with Gasteiger partial charge in [0.2, 0.25) is 0 Å². The van der Waals surface area contributed by atoms with E-state index in [1.54, 1.807) is 12.1 Å². The Morgan fingerprint density at radius 1 is 1.45 bits per heavy atom. The number of phenolic OH excluding ortho intramolecular Hbond substituents is 1. The molecule has 0 fully saturated rings. The lowest BCUT2D eigenvalue weighted by molar-refractivity contribution is 0.474. The predicted molar refractivity (Wildman–Crippen MR) is 42.9 cm³/mol. The molecule has 0 radical (unpaired) electrons. The summed E-state index contributed by atoms with van der Waals surface area (Å²) in [6.45, 7) is 1.90. The second-order valence-electron chi connectivity index (χ2n) is 2.43. The third-order valence-corrected chi connectivity index (χ3v) is 1.64. The summed E-state index contributed by atoms with van der Waals surface area (Å²) in [5, 5.41) is 9.32. The Balaban J connectivity index is 2.55. The van der Waals surface area contributed by atoms with Gasteiger partial charge in [-0.05, 0) is 19.1 Å². The van der Waals surface area contributed by atoms with Crippen molar-refractivity contribution in [3.63, 3.8) is 0 Å². The summed E-state index contributed by atoms with van der Waals surface area (Å²) in [5.41, 5.74) is 0.782. The highest BCUT2D eigenvalue weighted by molar-refractivity contribution is 5.74. The molecule has 2 heteroatoms. The minimum absolute atomic E-state index is 0.277. The number of ether oxygens (including phenoxy) is 1. The largest absolute Gasteiger partial charge is 0.507 e. The van der Waals surface area contributed by atoms with Crippen LogP contribution in [0.1, 0.15) is 12.5 Å². The topological polar surface area (TPSA) is 32.8 Å². The van der Waals surface area contributed by atoms with E-state index in [-0.39, 0.29) is 5.75 Å².